The quantitative estimate of drug-likeness (QED) is 0.731. The van der Waals surface area contributed by atoms with Gasteiger partial charge in [0.2, 0.25) is 0 Å². The average Bonchev–Trinajstić information content (AvgIpc) is 3.04. The lowest BCUT2D eigenvalue weighted by Gasteiger charge is -2.18. The molecule has 0 radical (unpaired) electrons. The number of carboxylic acid groups (broad SMARTS) is 1. The topological polar surface area (TPSA) is 101 Å². The number of thiophene rings is 1. The van der Waals surface area contributed by atoms with Crippen LogP contribution in [0.5, 0.6) is 0 Å². The largest absolute Gasteiger partial charge is 0.481 e. The third-order valence-corrected chi connectivity index (χ3v) is 5.76. The Kier molecular flexibility index (Phi) is 6.33. The molecule has 0 aliphatic heterocycles. The van der Waals surface area contributed by atoms with Crippen molar-refractivity contribution < 1.29 is 23.1 Å². The number of nitrogens with one attached hydrogen (secondary N) is 1. The van der Waals surface area contributed by atoms with Gasteiger partial charge < -0.3 is 10.4 Å². The SMILES string of the molecule is CS(=O)(=O)c1csc(C(=O)NC(CCC(=O)O)Cc2ccccc2)c1. The number of benzene rings is 1. The number of carboxylic acids is 1. The van der Waals surface area contributed by atoms with E-state index in [1.54, 1.807) is 0 Å². The molecular formula is C17H19NO5S2. The molecule has 0 saturated carbocycles. The lowest BCUT2D eigenvalue weighted by Crippen LogP contribution is -2.36. The highest BCUT2D eigenvalue weighted by atomic mass is 32.2. The van der Waals surface area contributed by atoms with Crippen LogP contribution in [0.3, 0.4) is 0 Å². The molecule has 0 aliphatic rings. The second kappa shape index (κ2) is 8.26. The molecule has 1 aromatic heterocycles. The summed E-state index contributed by atoms with van der Waals surface area (Å²) in [6.45, 7) is 0. The monoisotopic (exact) mass is 381 g/mol. The molecule has 0 aliphatic carbocycles. The van der Waals surface area contributed by atoms with Crippen LogP contribution >= 0.6 is 11.3 Å². The summed E-state index contributed by atoms with van der Waals surface area (Å²) in [5.41, 5.74) is 0.987. The Morgan fingerprint density at radius 1 is 1.24 bits per heavy atom. The predicted molar refractivity (Wildman–Crippen MR) is 95.7 cm³/mol. The van der Waals surface area contributed by atoms with E-state index in [0.717, 1.165) is 23.2 Å². The first-order chi connectivity index (χ1) is 11.8. The van der Waals surface area contributed by atoms with Crippen molar-refractivity contribution in [2.24, 2.45) is 0 Å². The molecule has 6 nitrogen and oxygen atoms in total. The molecule has 0 bridgehead atoms. The Morgan fingerprint density at radius 2 is 1.92 bits per heavy atom. The number of aliphatic carboxylic acids is 1. The highest BCUT2D eigenvalue weighted by molar-refractivity contribution is 7.90. The second-order valence-corrected chi connectivity index (χ2v) is 8.64. The third kappa shape index (κ3) is 5.99. The molecule has 1 heterocycles. The Morgan fingerprint density at radius 3 is 2.48 bits per heavy atom. The molecule has 2 aromatic rings. The summed E-state index contributed by atoms with van der Waals surface area (Å²) in [6, 6.07) is 10.4. The van der Waals surface area contributed by atoms with Gasteiger partial charge in [-0.15, -0.1) is 11.3 Å². The van der Waals surface area contributed by atoms with E-state index in [1.807, 2.05) is 30.3 Å². The number of amides is 1. The minimum absolute atomic E-state index is 0.0587. The second-order valence-electron chi connectivity index (χ2n) is 5.71. The van der Waals surface area contributed by atoms with E-state index < -0.39 is 21.7 Å². The average molecular weight is 381 g/mol. The number of rotatable bonds is 8. The summed E-state index contributed by atoms with van der Waals surface area (Å²) >= 11 is 1.05. The van der Waals surface area contributed by atoms with Gasteiger partial charge in [-0.25, -0.2) is 8.42 Å². The molecule has 25 heavy (non-hydrogen) atoms. The van der Waals surface area contributed by atoms with Crippen LogP contribution in [-0.2, 0) is 21.1 Å². The zero-order chi connectivity index (χ0) is 18.4. The molecule has 0 saturated heterocycles. The molecule has 1 atom stereocenters. The maximum Gasteiger partial charge on any atom is 0.303 e. The van der Waals surface area contributed by atoms with Gasteiger partial charge in [-0.2, -0.15) is 0 Å². The van der Waals surface area contributed by atoms with Crippen LogP contribution in [0.1, 0.15) is 28.1 Å². The van der Waals surface area contributed by atoms with Gasteiger partial charge in [0.1, 0.15) is 0 Å². The normalized spacial score (nSPS) is 12.5. The van der Waals surface area contributed by atoms with Crippen molar-refractivity contribution in [3.05, 3.63) is 52.2 Å². The van der Waals surface area contributed by atoms with Crippen LogP contribution in [0.4, 0.5) is 0 Å². The number of hydrogen-bond donors (Lipinski definition) is 2. The van der Waals surface area contributed by atoms with Gasteiger partial charge in [-0.3, -0.25) is 9.59 Å². The first kappa shape index (κ1) is 19.1. The summed E-state index contributed by atoms with van der Waals surface area (Å²) < 4.78 is 23.0. The van der Waals surface area contributed by atoms with Crippen molar-refractivity contribution in [1.29, 1.82) is 0 Å². The van der Waals surface area contributed by atoms with E-state index in [-0.39, 0.29) is 22.2 Å². The van der Waals surface area contributed by atoms with E-state index in [0.29, 0.717) is 12.8 Å². The van der Waals surface area contributed by atoms with Crippen molar-refractivity contribution in [1.82, 2.24) is 5.32 Å². The Hall–Kier alpha value is -2.19. The molecular weight excluding hydrogens is 362 g/mol. The van der Waals surface area contributed by atoms with Gasteiger partial charge in [0, 0.05) is 24.1 Å². The maximum atomic E-state index is 12.4. The summed E-state index contributed by atoms with van der Waals surface area (Å²) in [7, 11) is -3.36. The summed E-state index contributed by atoms with van der Waals surface area (Å²) in [5, 5.41) is 13.1. The van der Waals surface area contributed by atoms with Crippen molar-refractivity contribution in [2.45, 2.75) is 30.2 Å². The molecule has 1 aromatic carbocycles. The molecule has 0 fully saturated rings. The summed E-state index contributed by atoms with van der Waals surface area (Å²) in [5.74, 6) is -1.32. The lowest BCUT2D eigenvalue weighted by atomic mass is 10.0. The number of sulfone groups is 1. The predicted octanol–water partition coefficient (Wildman–Crippen LogP) is 2.36. The fourth-order valence-electron chi connectivity index (χ4n) is 2.31. The van der Waals surface area contributed by atoms with E-state index >= 15 is 0 Å². The fourth-order valence-corrected chi connectivity index (χ4v) is 4.23. The van der Waals surface area contributed by atoms with Crippen LogP contribution in [0, 0.1) is 0 Å². The van der Waals surface area contributed by atoms with Crippen molar-refractivity contribution >= 4 is 33.1 Å². The van der Waals surface area contributed by atoms with E-state index in [1.165, 1.54) is 11.4 Å². The van der Waals surface area contributed by atoms with E-state index in [2.05, 4.69) is 5.32 Å². The van der Waals surface area contributed by atoms with Gasteiger partial charge in [-0.05, 0) is 24.5 Å². The van der Waals surface area contributed by atoms with Gasteiger partial charge >= 0.3 is 5.97 Å². The van der Waals surface area contributed by atoms with Crippen LogP contribution < -0.4 is 5.32 Å². The van der Waals surface area contributed by atoms with E-state index in [9.17, 15) is 18.0 Å². The summed E-state index contributed by atoms with van der Waals surface area (Å²) in [6.07, 6.45) is 1.82. The van der Waals surface area contributed by atoms with Crippen molar-refractivity contribution in [3.63, 3.8) is 0 Å². The first-order valence-corrected chi connectivity index (χ1v) is 10.4. The molecule has 2 N–H and O–H groups in total. The zero-order valence-electron chi connectivity index (χ0n) is 13.6. The molecule has 0 spiro atoms. The Balaban J connectivity index is 2.10. The number of carbonyl (C=O) groups is 2. The van der Waals surface area contributed by atoms with Gasteiger partial charge in [0.05, 0.1) is 9.77 Å². The van der Waals surface area contributed by atoms with Crippen molar-refractivity contribution in [2.75, 3.05) is 6.26 Å². The van der Waals surface area contributed by atoms with E-state index in [4.69, 9.17) is 5.11 Å². The summed E-state index contributed by atoms with van der Waals surface area (Å²) in [4.78, 5) is 23.6. The molecule has 1 amide bonds. The van der Waals surface area contributed by atoms with Crippen LogP contribution in [-0.4, -0.2) is 37.7 Å². The third-order valence-electron chi connectivity index (χ3n) is 3.59. The molecule has 134 valence electrons. The first-order valence-electron chi connectivity index (χ1n) is 7.61. The molecule has 8 heteroatoms. The zero-order valence-corrected chi connectivity index (χ0v) is 15.3. The molecule has 1 unspecified atom stereocenters. The highest BCUT2D eigenvalue weighted by Crippen LogP contribution is 2.19. The molecule has 2 rings (SSSR count). The van der Waals surface area contributed by atoms with Crippen molar-refractivity contribution in [3.8, 4) is 0 Å². The van der Waals surface area contributed by atoms with Gasteiger partial charge in [0.25, 0.3) is 5.91 Å². The Bertz CT molecular complexity index is 843. The maximum absolute atomic E-state index is 12.4. The minimum atomic E-state index is -3.36. The van der Waals surface area contributed by atoms with Crippen LogP contribution in [0.2, 0.25) is 0 Å². The lowest BCUT2D eigenvalue weighted by molar-refractivity contribution is -0.137. The van der Waals surface area contributed by atoms with Gasteiger partial charge in [0.15, 0.2) is 9.84 Å². The van der Waals surface area contributed by atoms with Gasteiger partial charge in [-0.1, -0.05) is 30.3 Å². The fraction of sp³-hybridized carbons (Fsp3) is 0.294. The number of hydrogen-bond acceptors (Lipinski definition) is 5. The number of carbonyl (C=O) groups excluding carboxylic acids is 1. The Labute approximate surface area is 150 Å². The van der Waals surface area contributed by atoms with Crippen LogP contribution in [0.15, 0.2) is 46.7 Å². The standard InChI is InChI=1S/C17H19NO5S2/c1-25(22,23)14-10-15(24-11-14)17(21)18-13(7-8-16(19)20)9-12-5-3-2-4-6-12/h2-6,10-11,13H,7-9H2,1H3,(H,18,21)(H,19,20). The minimum Gasteiger partial charge on any atom is -0.481 e. The highest BCUT2D eigenvalue weighted by Gasteiger charge is 2.19. The smallest absolute Gasteiger partial charge is 0.303 e. The van der Waals surface area contributed by atoms with Crippen LogP contribution in [0.25, 0.3) is 0 Å².